The van der Waals surface area contributed by atoms with Crippen LogP contribution >= 0.6 is 0 Å². The molecule has 3 aliphatic heterocycles. The Kier molecular flexibility index (Phi) is 6.52. The minimum Gasteiger partial charge on any atom is -0.369 e. The third-order valence-corrected chi connectivity index (χ3v) is 10.8. The molecule has 2 aromatic rings. The minimum absolute atomic E-state index is 0.194. The van der Waals surface area contributed by atoms with Crippen molar-refractivity contribution in [2.75, 3.05) is 13.1 Å². The van der Waals surface area contributed by atoms with Gasteiger partial charge in [0.15, 0.2) is 0 Å². The number of amides is 1. The number of piperidine rings is 2. The minimum atomic E-state index is -0.231. The molecule has 2 saturated carbocycles. The lowest BCUT2D eigenvalue weighted by Gasteiger charge is -2.55. The predicted octanol–water partition coefficient (Wildman–Crippen LogP) is 5.58. The number of nitrogens with two attached hydrogens (primary N) is 1. The van der Waals surface area contributed by atoms with Crippen molar-refractivity contribution in [3.05, 3.63) is 30.1 Å². The van der Waals surface area contributed by atoms with E-state index in [9.17, 15) is 4.79 Å². The van der Waals surface area contributed by atoms with Crippen molar-refractivity contribution in [1.29, 1.82) is 0 Å². The largest absolute Gasteiger partial charge is 0.369 e. The Bertz CT molecular complexity index is 1100. The molecule has 1 aromatic heterocycles. The summed E-state index contributed by atoms with van der Waals surface area (Å²) < 4.78 is 2.63. The van der Waals surface area contributed by atoms with Crippen LogP contribution in [0.25, 0.3) is 11.0 Å². The van der Waals surface area contributed by atoms with Gasteiger partial charge in [0.05, 0.1) is 23.6 Å². The van der Waals surface area contributed by atoms with E-state index < -0.39 is 0 Å². The molecule has 5 aliphatic rings. The molecule has 1 aromatic carbocycles. The zero-order valence-corrected chi connectivity index (χ0v) is 22.4. The number of hydrogen-bond acceptors (Lipinski definition) is 4. The van der Waals surface area contributed by atoms with Crippen LogP contribution in [-0.2, 0) is 4.79 Å². The second-order valence-electron chi connectivity index (χ2n) is 13.1. The number of para-hydroxylation sites is 2. The smallest absolute Gasteiger partial charge is 0.231 e. The van der Waals surface area contributed by atoms with Crippen LogP contribution in [0.15, 0.2) is 24.3 Å². The van der Waals surface area contributed by atoms with Crippen molar-refractivity contribution in [3.63, 3.8) is 0 Å². The van der Waals surface area contributed by atoms with Crippen LogP contribution in [0.3, 0.4) is 0 Å². The van der Waals surface area contributed by atoms with Gasteiger partial charge in [0.1, 0.15) is 5.82 Å². The average molecular weight is 504 g/mol. The average Bonchev–Trinajstić information content (AvgIpc) is 3.45. The monoisotopic (exact) mass is 503 g/mol. The van der Waals surface area contributed by atoms with Crippen molar-refractivity contribution in [2.45, 2.75) is 120 Å². The molecule has 6 heteroatoms. The number of nitrogens with zero attached hydrogens (tertiary/aromatic N) is 4. The van der Waals surface area contributed by atoms with Gasteiger partial charge < -0.3 is 10.3 Å². The number of hydrogen-bond donors (Lipinski definition) is 1. The molecule has 0 spiro atoms. The Morgan fingerprint density at radius 1 is 0.811 bits per heavy atom. The molecule has 7 rings (SSSR count). The van der Waals surface area contributed by atoms with Gasteiger partial charge in [0.25, 0.3) is 0 Å². The summed E-state index contributed by atoms with van der Waals surface area (Å²) in [6.45, 7) is 1.27. The fourth-order valence-corrected chi connectivity index (χ4v) is 9.50. The molecule has 1 amide bonds. The van der Waals surface area contributed by atoms with E-state index in [-0.39, 0.29) is 11.9 Å². The SMILES string of the molecule is NC(=O)CN1CCCC1c1nc2ccccc2n1C1CC2CCCC(C1)N2C1CC2CCCCC(C2)C1. The number of carbonyl (C=O) groups is 1. The van der Waals surface area contributed by atoms with Crippen LogP contribution < -0.4 is 5.73 Å². The number of primary amides is 1. The van der Waals surface area contributed by atoms with E-state index in [1.54, 1.807) is 0 Å². The summed E-state index contributed by atoms with van der Waals surface area (Å²) in [6, 6.07) is 11.6. The van der Waals surface area contributed by atoms with E-state index in [0.29, 0.717) is 24.7 Å². The lowest BCUT2D eigenvalue weighted by molar-refractivity contribution is -0.119. The van der Waals surface area contributed by atoms with E-state index in [2.05, 4.69) is 38.6 Å². The van der Waals surface area contributed by atoms with Crippen LogP contribution in [-0.4, -0.2) is 56.5 Å². The second-order valence-corrected chi connectivity index (χ2v) is 13.1. The molecule has 200 valence electrons. The second kappa shape index (κ2) is 10.00. The molecule has 5 unspecified atom stereocenters. The van der Waals surface area contributed by atoms with Gasteiger partial charge in [-0.3, -0.25) is 14.6 Å². The standard InChI is InChI=1S/C31H45N5O/c32-30(37)20-34-14-6-13-29(34)31-33-27-11-3-4-12-28(27)36(31)26-18-23-9-5-10-24(19-26)35(23)25-16-21-7-1-2-8-22(15-21)17-25/h3-4,11-12,21-26,29H,1-2,5-10,13-20H2,(H2,32,37). The summed E-state index contributed by atoms with van der Waals surface area (Å²) in [4.78, 5) is 22.4. The normalized spacial score (nSPS) is 37.0. The van der Waals surface area contributed by atoms with Gasteiger partial charge >= 0.3 is 0 Å². The maximum atomic E-state index is 11.9. The van der Waals surface area contributed by atoms with Gasteiger partial charge in [0, 0.05) is 24.2 Å². The van der Waals surface area contributed by atoms with Crippen LogP contribution in [0, 0.1) is 11.8 Å². The number of rotatable bonds is 5. The first-order valence-electron chi connectivity index (χ1n) is 15.4. The number of benzene rings is 1. The number of fused-ring (bicyclic) bond motifs is 5. The van der Waals surface area contributed by atoms with Gasteiger partial charge in [-0.1, -0.05) is 44.2 Å². The first-order chi connectivity index (χ1) is 18.1. The molecule has 4 bridgehead atoms. The highest BCUT2D eigenvalue weighted by atomic mass is 16.1. The molecular weight excluding hydrogens is 458 g/mol. The zero-order chi connectivity index (χ0) is 24.9. The third-order valence-electron chi connectivity index (χ3n) is 10.8. The molecule has 5 atom stereocenters. The summed E-state index contributed by atoms with van der Waals surface area (Å²) in [7, 11) is 0. The van der Waals surface area contributed by atoms with Gasteiger partial charge in [-0.25, -0.2) is 4.98 Å². The molecule has 4 heterocycles. The summed E-state index contributed by atoms with van der Waals surface area (Å²) in [5, 5.41) is 0. The molecule has 5 fully saturated rings. The first kappa shape index (κ1) is 24.1. The van der Waals surface area contributed by atoms with Crippen LogP contribution in [0.4, 0.5) is 0 Å². The van der Waals surface area contributed by atoms with E-state index >= 15 is 0 Å². The van der Waals surface area contributed by atoms with Crippen molar-refractivity contribution < 1.29 is 4.79 Å². The van der Waals surface area contributed by atoms with Gasteiger partial charge in [-0.05, 0) is 88.3 Å². The Morgan fingerprint density at radius 3 is 2.27 bits per heavy atom. The van der Waals surface area contributed by atoms with Crippen molar-refractivity contribution >= 4 is 16.9 Å². The summed E-state index contributed by atoms with van der Waals surface area (Å²) >= 11 is 0. The maximum absolute atomic E-state index is 11.9. The summed E-state index contributed by atoms with van der Waals surface area (Å²) in [5.74, 6) is 2.91. The summed E-state index contributed by atoms with van der Waals surface area (Å²) in [5.41, 5.74) is 8.03. The first-order valence-corrected chi connectivity index (χ1v) is 15.4. The van der Waals surface area contributed by atoms with Crippen molar-refractivity contribution in [1.82, 2.24) is 19.4 Å². The molecular formula is C31H45N5O. The molecule has 6 nitrogen and oxygen atoms in total. The lowest BCUT2D eigenvalue weighted by Crippen LogP contribution is -2.58. The zero-order valence-electron chi connectivity index (χ0n) is 22.4. The molecule has 0 radical (unpaired) electrons. The van der Waals surface area contributed by atoms with Crippen molar-refractivity contribution in [2.24, 2.45) is 17.6 Å². The Balaban J connectivity index is 1.20. The van der Waals surface area contributed by atoms with Crippen LogP contribution in [0.1, 0.15) is 108 Å². The Labute approximate surface area is 222 Å². The highest BCUT2D eigenvalue weighted by Crippen LogP contribution is 2.48. The van der Waals surface area contributed by atoms with E-state index in [4.69, 9.17) is 10.7 Å². The summed E-state index contributed by atoms with van der Waals surface area (Å²) in [6.07, 6.45) is 19.1. The molecule has 2 N–H and O–H groups in total. The van der Waals surface area contributed by atoms with E-state index in [1.807, 2.05) is 0 Å². The van der Waals surface area contributed by atoms with Crippen LogP contribution in [0.5, 0.6) is 0 Å². The molecule has 3 saturated heterocycles. The number of carbonyl (C=O) groups excluding carboxylic acids is 1. The van der Waals surface area contributed by atoms with Gasteiger partial charge in [-0.2, -0.15) is 0 Å². The van der Waals surface area contributed by atoms with E-state index in [1.165, 1.54) is 88.4 Å². The van der Waals surface area contributed by atoms with Crippen LogP contribution in [0.2, 0.25) is 0 Å². The fraction of sp³-hybridized carbons (Fsp3) is 0.742. The predicted molar refractivity (Wildman–Crippen MR) is 147 cm³/mol. The number of likely N-dealkylation sites (tertiary alicyclic amines) is 1. The molecule has 2 aliphatic carbocycles. The van der Waals surface area contributed by atoms with Gasteiger partial charge in [0.2, 0.25) is 5.91 Å². The highest BCUT2D eigenvalue weighted by Gasteiger charge is 2.45. The van der Waals surface area contributed by atoms with E-state index in [0.717, 1.165) is 42.8 Å². The fourth-order valence-electron chi connectivity index (χ4n) is 9.50. The Morgan fingerprint density at radius 2 is 1.54 bits per heavy atom. The molecule has 37 heavy (non-hydrogen) atoms. The highest BCUT2D eigenvalue weighted by molar-refractivity contribution is 5.77. The topological polar surface area (TPSA) is 67.4 Å². The quantitative estimate of drug-likeness (QED) is 0.579. The maximum Gasteiger partial charge on any atom is 0.231 e. The number of imidazole rings is 1. The number of aromatic nitrogens is 2. The third kappa shape index (κ3) is 4.52. The lowest BCUT2D eigenvalue weighted by atomic mass is 9.73. The van der Waals surface area contributed by atoms with Gasteiger partial charge in [-0.15, -0.1) is 0 Å². The Hall–Kier alpha value is -1.92. The van der Waals surface area contributed by atoms with Crippen molar-refractivity contribution in [3.8, 4) is 0 Å².